The number of hydrogen-bond acceptors (Lipinski definition) is 5. The molecule has 1 amide bonds. The molecule has 2 rings (SSSR count). The van der Waals surface area contributed by atoms with E-state index in [0.717, 1.165) is 0 Å². The third-order valence-electron chi connectivity index (χ3n) is 2.92. The predicted molar refractivity (Wildman–Crippen MR) is 82.8 cm³/mol. The van der Waals surface area contributed by atoms with E-state index in [9.17, 15) is 4.79 Å². The SMILES string of the molecule is COc1cc(N)cc(OC)c1C(=O)Nc1ccc(N)cc1. The molecular weight excluding hydrogens is 270 g/mol. The Morgan fingerprint density at radius 3 is 1.95 bits per heavy atom. The second-order valence-corrected chi connectivity index (χ2v) is 4.38. The number of rotatable bonds is 4. The van der Waals surface area contributed by atoms with Crippen molar-refractivity contribution < 1.29 is 14.3 Å². The average molecular weight is 287 g/mol. The molecule has 0 unspecified atom stereocenters. The summed E-state index contributed by atoms with van der Waals surface area (Å²) in [7, 11) is 2.93. The molecule has 0 saturated heterocycles. The Morgan fingerprint density at radius 1 is 0.952 bits per heavy atom. The Labute approximate surface area is 122 Å². The molecule has 2 aromatic carbocycles. The minimum Gasteiger partial charge on any atom is -0.496 e. The molecule has 21 heavy (non-hydrogen) atoms. The van der Waals surface area contributed by atoms with E-state index in [4.69, 9.17) is 20.9 Å². The second kappa shape index (κ2) is 6.04. The number of nitrogens with two attached hydrogens (primary N) is 2. The number of carbonyl (C=O) groups is 1. The molecular formula is C15H17N3O3. The highest BCUT2D eigenvalue weighted by atomic mass is 16.5. The van der Waals surface area contributed by atoms with Crippen molar-refractivity contribution >= 4 is 23.0 Å². The lowest BCUT2D eigenvalue weighted by Gasteiger charge is -2.14. The highest BCUT2D eigenvalue weighted by molar-refractivity contribution is 6.08. The van der Waals surface area contributed by atoms with Crippen LogP contribution in [0.5, 0.6) is 11.5 Å². The van der Waals surface area contributed by atoms with Crippen LogP contribution in [-0.4, -0.2) is 20.1 Å². The van der Waals surface area contributed by atoms with Crippen LogP contribution < -0.4 is 26.3 Å². The largest absolute Gasteiger partial charge is 0.496 e. The molecule has 0 aliphatic heterocycles. The summed E-state index contributed by atoms with van der Waals surface area (Å²) in [5, 5.41) is 2.76. The molecule has 0 bridgehead atoms. The number of nitrogens with one attached hydrogen (secondary N) is 1. The fraction of sp³-hybridized carbons (Fsp3) is 0.133. The topological polar surface area (TPSA) is 99.6 Å². The molecule has 5 N–H and O–H groups in total. The Morgan fingerprint density at radius 2 is 1.48 bits per heavy atom. The van der Waals surface area contributed by atoms with Crippen molar-refractivity contribution in [3.63, 3.8) is 0 Å². The van der Waals surface area contributed by atoms with E-state index in [2.05, 4.69) is 5.32 Å². The standard InChI is InChI=1S/C15H17N3O3/c1-20-12-7-10(17)8-13(21-2)14(12)15(19)18-11-5-3-9(16)4-6-11/h3-8H,16-17H2,1-2H3,(H,18,19). The van der Waals surface area contributed by atoms with Crippen LogP contribution in [0.3, 0.4) is 0 Å². The lowest BCUT2D eigenvalue weighted by molar-refractivity contribution is 0.102. The van der Waals surface area contributed by atoms with E-state index >= 15 is 0 Å². The maximum atomic E-state index is 12.4. The van der Waals surface area contributed by atoms with Crippen LogP contribution in [0.15, 0.2) is 36.4 Å². The zero-order valence-electron chi connectivity index (χ0n) is 11.8. The van der Waals surface area contributed by atoms with Gasteiger partial charge >= 0.3 is 0 Å². The van der Waals surface area contributed by atoms with E-state index in [0.29, 0.717) is 28.6 Å². The van der Waals surface area contributed by atoms with E-state index in [1.54, 1.807) is 36.4 Å². The van der Waals surface area contributed by atoms with E-state index in [1.807, 2.05) is 0 Å². The van der Waals surface area contributed by atoms with Crippen LogP contribution in [-0.2, 0) is 0 Å². The number of anilines is 3. The molecule has 0 aromatic heterocycles. The van der Waals surface area contributed by atoms with E-state index < -0.39 is 0 Å². The lowest BCUT2D eigenvalue weighted by Crippen LogP contribution is -2.15. The number of hydrogen-bond donors (Lipinski definition) is 3. The van der Waals surface area contributed by atoms with Crippen molar-refractivity contribution in [2.45, 2.75) is 0 Å². The molecule has 0 aliphatic rings. The van der Waals surface area contributed by atoms with Gasteiger partial charge in [-0.2, -0.15) is 0 Å². The molecule has 6 heteroatoms. The summed E-state index contributed by atoms with van der Waals surface area (Å²) in [5.41, 5.74) is 13.3. The van der Waals surface area contributed by atoms with Gasteiger partial charge in [-0.25, -0.2) is 0 Å². The molecule has 0 fully saturated rings. The van der Waals surface area contributed by atoms with Gasteiger partial charge in [0, 0.05) is 29.2 Å². The van der Waals surface area contributed by atoms with Gasteiger partial charge in [0.2, 0.25) is 0 Å². The maximum Gasteiger partial charge on any atom is 0.263 e. The number of amides is 1. The predicted octanol–water partition coefficient (Wildman–Crippen LogP) is 2.12. The first-order valence-corrected chi connectivity index (χ1v) is 6.23. The van der Waals surface area contributed by atoms with E-state index in [-0.39, 0.29) is 11.5 Å². The molecule has 0 aliphatic carbocycles. The van der Waals surface area contributed by atoms with Crippen LogP contribution in [0.1, 0.15) is 10.4 Å². The van der Waals surface area contributed by atoms with Crippen LogP contribution in [0, 0.1) is 0 Å². The third-order valence-corrected chi connectivity index (χ3v) is 2.92. The number of carbonyl (C=O) groups excluding carboxylic acids is 1. The molecule has 6 nitrogen and oxygen atoms in total. The zero-order valence-corrected chi connectivity index (χ0v) is 11.8. The van der Waals surface area contributed by atoms with Crippen molar-refractivity contribution in [1.29, 1.82) is 0 Å². The maximum absolute atomic E-state index is 12.4. The Balaban J connectivity index is 2.36. The third kappa shape index (κ3) is 3.17. The fourth-order valence-electron chi connectivity index (χ4n) is 1.92. The first-order chi connectivity index (χ1) is 10.0. The summed E-state index contributed by atoms with van der Waals surface area (Å²) in [4.78, 5) is 12.4. The van der Waals surface area contributed by atoms with E-state index in [1.165, 1.54) is 14.2 Å². The molecule has 0 spiro atoms. The second-order valence-electron chi connectivity index (χ2n) is 4.38. The Kier molecular flexibility index (Phi) is 4.18. The number of nitrogen functional groups attached to an aromatic ring is 2. The molecule has 2 aromatic rings. The highest BCUT2D eigenvalue weighted by Crippen LogP contribution is 2.32. The quantitative estimate of drug-likeness (QED) is 0.748. The summed E-state index contributed by atoms with van der Waals surface area (Å²) >= 11 is 0. The van der Waals surface area contributed by atoms with Crippen LogP contribution >= 0.6 is 0 Å². The van der Waals surface area contributed by atoms with Gasteiger partial charge in [-0.15, -0.1) is 0 Å². The summed E-state index contributed by atoms with van der Waals surface area (Å²) in [6, 6.07) is 9.97. The van der Waals surface area contributed by atoms with Crippen LogP contribution in [0.25, 0.3) is 0 Å². The normalized spacial score (nSPS) is 10.0. The van der Waals surface area contributed by atoms with Gasteiger partial charge in [0.1, 0.15) is 17.1 Å². The average Bonchev–Trinajstić information content (AvgIpc) is 2.48. The molecule has 0 saturated carbocycles. The molecule has 0 heterocycles. The first kappa shape index (κ1) is 14.5. The van der Waals surface area contributed by atoms with Gasteiger partial charge < -0.3 is 26.3 Å². The first-order valence-electron chi connectivity index (χ1n) is 6.23. The van der Waals surface area contributed by atoms with Crippen molar-refractivity contribution in [3.05, 3.63) is 42.0 Å². The summed E-state index contributed by atoms with van der Waals surface area (Å²) in [5.74, 6) is 0.341. The highest BCUT2D eigenvalue weighted by Gasteiger charge is 2.19. The van der Waals surface area contributed by atoms with Crippen LogP contribution in [0.4, 0.5) is 17.1 Å². The van der Waals surface area contributed by atoms with Crippen molar-refractivity contribution in [2.75, 3.05) is 31.0 Å². The number of benzene rings is 2. The minimum absolute atomic E-state index is 0.283. The fourth-order valence-corrected chi connectivity index (χ4v) is 1.92. The van der Waals surface area contributed by atoms with Gasteiger partial charge in [0.15, 0.2) is 0 Å². The summed E-state index contributed by atoms with van der Waals surface area (Å²) < 4.78 is 10.4. The smallest absolute Gasteiger partial charge is 0.263 e. The molecule has 0 radical (unpaired) electrons. The number of methoxy groups -OCH3 is 2. The van der Waals surface area contributed by atoms with Gasteiger partial charge in [-0.05, 0) is 24.3 Å². The molecule has 110 valence electrons. The van der Waals surface area contributed by atoms with Gasteiger partial charge in [0.05, 0.1) is 14.2 Å². The van der Waals surface area contributed by atoms with Crippen molar-refractivity contribution in [2.24, 2.45) is 0 Å². The summed E-state index contributed by atoms with van der Waals surface area (Å²) in [6.45, 7) is 0. The number of ether oxygens (including phenoxy) is 2. The zero-order chi connectivity index (χ0) is 15.4. The lowest BCUT2D eigenvalue weighted by atomic mass is 10.1. The van der Waals surface area contributed by atoms with Gasteiger partial charge in [-0.1, -0.05) is 0 Å². The van der Waals surface area contributed by atoms with Gasteiger partial charge in [0.25, 0.3) is 5.91 Å². The minimum atomic E-state index is -0.353. The summed E-state index contributed by atoms with van der Waals surface area (Å²) in [6.07, 6.45) is 0. The Bertz CT molecular complexity index is 629. The van der Waals surface area contributed by atoms with Crippen LogP contribution in [0.2, 0.25) is 0 Å². The van der Waals surface area contributed by atoms with Crippen molar-refractivity contribution in [1.82, 2.24) is 0 Å². The van der Waals surface area contributed by atoms with Gasteiger partial charge in [-0.3, -0.25) is 4.79 Å². The Hall–Kier alpha value is -2.89. The molecule has 0 atom stereocenters. The van der Waals surface area contributed by atoms with Crippen molar-refractivity contribution in [3.8, 4) is 11.5 Å². The monoisotopic (exact) mass is 287 g/mol.